The zero-order chi connectivity index (χ0) is 23.5. The summed E-state index contributed by atoms with van der Waals surface area (Å²) in [6, 6.07) is 2.02. The summed E-state index contributed by atoms with van der Waals surface area (Å²) in [6.45, 7) is 6.63. The van der Waals surface area contributed by atoms with Crippen LogP contribution in [-0.2, 0) is 4.79 Å². The predicted octanol–water partition coefficient (Wildman–Crippen LogP) is 2.41. The average molecular weight is 442 g/mol. The number of nitrogens with zero attached hydrogens (tertiary/aromatic N) is 4. The Morgan fingerprint density at radius 3 is 2.66 bits per heavy atom. The summed E-state index contributed by atoms with van der Waals surface area (Å²) in [5.74, 6) is -0.613. The Labute approximate surface area is 190 Å². The molecule has 2 fully saturated rings. The Hall–Kier alpha value is -2.53. The van der Waals surface area contributed by atoms with Crippen LogP contribution < -0.4 is 5.32 Å². The molecular weight excluding hydrogens is 406 g/mol. The van der Waals surface area contributed by atoms with E-state index < -0.39 is 6.10 Å². The van der Waals surface area contributed by atoms with Crippen LogP contribution in [0.4, 0.5) is 0 Å². The van der Waals surface area contributed by atoms with Crippen molar-refractivity contribution >= 4 is 11.8 Å². The van der Waals surface area contributed by atoms with Gasteiger partial charge in [-0.15, -0.1) is 0 Å². The summed E-state index contributed by atoms with van der Waals surface area (Å²) in [4.78, 5) is 35.0. The van der Waals surface area contributed by atoms with Gasteiger partial charge in [-0.05, 0) is 48.9 Å². The molecule has 32 heavy (non-hydrogen) atoms. The highest BCUT2D eigenvalue weighted by Gasteiger charge is 2.54. The zero-order valence-electron chi connectivity index (χ0n) is 19.5. The smallest absolute Gasteiger partial charge is 0.254 e. The Morgan fingerprint density at radius 2 is 2.00 bits per heavy atom. The van der Waals surface area contributed by atoms with Gasteiger partial charge in [0.25, 0.3) is 5.91 Å². The fourth-order valence-electron chi connectivity index (χ4n) is 6.02. The van der Waals surface area contributed by atoms with Crippen molar-refractivity contribution in [2.75, 3.05) is 13.6 Å². The van der Waals surface area contributed by atoms with E-state index >= 15 is 0 Å². The monoisotopic (exact) mass is 441 g/mol. The fourth-order valence-corrected chi connectivity index (χ4v) is 6.02. The van der Waals surface area contributed by atoms with Crippen molar-refractivity contribution in [3.8, 4) is 6.07 Å². The second-order valence-electron chi connectivity index (χ2n) is 9.93. The van der Waals surface area contributed by atoms with Crippen molar-refractivity contribution in [1.82, 2.24) is 20.2 Å². The average Bonchev–Trinajstić information content (AvgIpc) is 2.79. The van der Waals surface area contributed by atoms with Gasteiger partial charge in [0, 0.05) is 37.9 Å². The van der Waals surface area contributed by atoms with Gasteiger partial charge in [0.05, 0.1) is 24.2 Å². The van der Waals surface area contributed by atoms with Crippen molar-refractivity contribution in [3.05, 3.63) is 24.3 Å². The summed E-state index contributed by atoms with van der Waals surface area (Å²) in [5, 5.41) is 23.4. The maximum absolute atomic E-state index is 12.9. The molecule has 2 amide bonds. The van der Waals surface area contributed by atoms with Gasteiger partial charge in [-0.25, -0.2) is 9.97 Å². The number of hydrogen-bond donors (Lipinski definition) is 2. The Kier molecular flexibility index (Phi) is 7.50. The lowest BCUT2D eigenvalue weighted by atomic mass is 9.51. The van der Waals surface area contributed by atoms with Gasteiger partial charge in [0.1, 0.15) is 6.33 Å². The SMILES string of the molecule is C[C@H]1[C@@H]2[C@@H](O)[C@@H]([C@H](C)C(=O)N(C)CCC#N)CC[C@@]2(C)CC[C@@H]1NC(=O)c1cncnc1. The van der Waals surface area contributed by atoms with Crippen LogP contribution in [0.15, 0.2) is 18.7 Å². The number of aliphatic hydroxyl groups is 1. The van der Waals surface area contributed by atoms with Gasteiger partial charge >= 0.3 is 0 Å². The van der Waals surface area contributed by atoms with Crippen molar-refractivity contribution in [2.24, 2.45) is 29.1 Å². The van der Waals surface area contributed by atoms with Crippen LogP contribution in [0.2, 0.25) is 0 Å². The van der Waals surface area contributed by atoms with Crippen molar-refractivity contribution in [3.63, 3.8) is 0 Å². The van der Waals surface area contributed by atoms with Crippen LogP contribution in [0.25, 0.3) is 0 Å². The fraction of sp³-hybridized carbons (Fsp3) is 0.708. The quantitative estimate of drug-likeness (QED) is 0.700. The molecule has 174 valence electrons. The number of carbonyl (C=O) groups excluding carboxylic acids is 2. The molecule has 7 atom stereocenters. The minimum absolute atomic E-state index is 0.00742. The number of aliphatic hydroxyl groups excluding tert-OH is 1. The summed E-state index contributed by atoms with van der Waals surface area (Å²) >= 11 is 0. The maximum atomic E-state index is 12.9. The van der Waals surface area contributed by atoms with Gasteiger partial charge in [-0.3, -0.25) is 9.59 Å². The predicted molar refractivity (Wildman–Crippen MR) is 119 cm³/mol. The molecule has 0 aliphatic heterocycles. The molecular formula is C24H35N5O3. The lowest BCUT2D eigenvalue weighted by molar-refractivity contribution is -0.149. The van der Waals surface area contributed by atoms with Crippen molar-refractivity contribution in [1.29, 1.82) is 5.26 Å². The van der Waals surface area contributed by atoms with E-state index in [0.717, 1.165) is 25.7 Å². The number of fused-ring (bicyclic) bond motifs is 1. The van der Waals surface area contributed by atoms with Gasteiger partial charge < -0.3 is 15.3 Å². The zero-order valence-corrected chi connectivity index (χ0v) is 19.5. The molecule has 2 saturated carbocycles. The van der Waals surface area contributed by atoms with Crippen LogP contribution in [0.3, 0.4) is 0 Å². The molecule has 0 bridgehead atoms. The molecule has 1 heterocycles. The van der Waals surface area contributed by atoms with E-state index in [1.807, 2.05) is 6.92 Å². The van der Waals surface area contributed by atoms with E-state index in [2.05, 4.69) is 35.2 Å². The molecule has 0 radical (unpaired) electrons. The van der Waals surface area contributed by atoms with Crippen LogP contribution >= 0.6 is 0 Å². The van der Waals surface area contributed by atoms with Crippen LogP contribution in [0, 0.1) is 40.4 Å². The van der Waals surface area contributed by atoms with Crippen LogP contribution in [-0.4, -0.2) is 57.5 Å². The van der Waals surface area contributed by atoms with E-state index in [4.69, 9.17) is 5.26 Å². The summed E-state index contributed by atoms with van der Waals surface area (Å²) in [6.07, 6.45) is 7.62. The molecule has 3 rings (SSSR count). The van der Waals surface area contributed by atoms with Gasteiger partial charge in [0.2, 0.25) is 5.91 Å². The van der Waals surface area contributed by atoms with E-state index in [1.165, 1.54) is 18.7 Å². The summed E-state index contributed by atoms with van der Waals surface area (Å²) < 4.78 is 0. The van der Waals surface area contributed by atoms with Gasteiger partial charge in [-0.2, -0.15) is 5.26 Å². The highest BCUT2D eigenvalue weighted by molar-refractivity contribution is 5.93. The molecule has 2 aliphatic rings. The van der Waals surface area contributed by atoms with Crippen molar-refractivity contribution < 1.29 is 14.7 Å². The second-order valence-corrected chi connectivity index (χ2v) is 9.93. The van der Waals surface area contributed by atoms with Crippen molar-refractivity contribution in [2.45, 2.75) is 65.0 Å². The number of nitrogens with one attached hydrogen (secondary N) is 1. The van der Waals surface area contributed by atoms with Crippen LogP contribution in [0.5, 0.6) is 0 Å². The number of rotatable bonds is 6. The molecule has 2 N–H and O–H groups in total. The highest BCUT2D eigenvalue weighted by Crippen LogP contribution is 2.55. The topological polar surface area (TPSA) is 119 Å². The first kappa shape index (κ1) is 24.1. The molecule has 0 spiro atoms. The van der Waals surface area contributed by atoms with Gasteiger partial charge in [-0.1, -0.05) is 20.8 Å². The molecule has 2 aliphatic carbocycles. The summed E-state index contributed by atoms with van der Waals surface area (Å²) in [7, 11) is 1.72. The number of nitriles is 1. The van der Waals surface area contributed by atoms with Crippen LogP contribution in [0.1, 0.15) is 63.2 Å². The normalized spacial score (nSPS) is 32.8. The third-order valence-corrected chi connectivity index (χ3v) is 7.99. The third-order valence-electron chi connectivity index (χ3n) is 7.99. The Morgan fingerprint density at radius 1 is 1.34 bits per heavy atom. The minimum Gasteiger partial charge on any atom is -0.392 e. The lowest BCUT2D eigenvalue weighted by Crippen LogP contribution is -2.58. The first-order chi connectivity index (χ1) is 15.2. The third kappa shape index (κ3) is 4.78. The first-order valence-electron chi connectivity index (χ1n) is 11.6. The standard InChI is InChI=1S/C24H35N5O3/c1-15(23(32)29(4)11-5-10-25)18-6-8-24(3)9-7-19(16(2)20(24)21(18)30)28-22(31)17-12-26-14-27-13-17/h12-16,18-21,30H,5-9,11H2,1-4H3,(H,28,31)/t15-,16+,18+,19-,20+,21-,24-/m0/s1. The minimum atomic E-state index is -0.619. The first-order valence-corrected chi connectivity index (χ1v) is 11.6. The largest absolute Gasteiger partial charge is 0.392 e. The molecule has 0 unspecified atom stereocenters. The highest BCUT2D eigenvalue weighted by atomic mass is 16.3. The van der Waals surface area contributed by atoms with Gasteiger partial charge in [0.15, 0.2) is 0 Å². The molecule has 8 heteroatoms. The Balaban J connectivity index is 1.73. The second kappa shape index (κ2) is 9.95. The Bertz CT molecular complexity index is 857. The lowest BCUT2D eigenvalue weighted by Gasteiger charge is -2.56. The molecule has 1 aromatic rings. The van der Waals surface area contributed by atoms with E-state index in [9.17, 15) is 14.7 Å². The van der Waals surface area contributed by atoms with E-state index in [1.54, 1.807) is 11.9 Å². The number of aromatic nitrogens is 2. The number of carbonyl (C=O) groups is 2. The maximum Gasteiger partial charge on any atom is 0.254 e. The molecule has 8 nitrogen and oxygen atoms in total. The van der Waals surface area contributed by atoms with E-state index in [0.29, 0.717) is 18.5 Å². The summed E-state index contributed by atoms with van der Waals surface area (Å²) in [5.41, 5.74) is 0.414. The molecule has 0 saturated heterocycles. The molecule has 0 aromatic carbocycles. The number of amides is 2. The number of hydrogen-bond acceptors (Lipinski definition) is 6. The molecule has 1 aromatic heterocycles. The van der Waals surface area contributed by atoms with E-state index in [-0.39, 0.29) is 46.9 Å².